The van der Waals surface area contributed by atoms with E-state index in [4.69, 9.17) is 9.26 Å². The molecule has 1 unspecified atom stereocenters. The van der Waals surface area contributed by atoms with E-state index < -0.39 is 0 Å². The van der Waals surface area contributed by atoms with Gasteiger partial charge in [0.2, 0.25) is 5.89 Å². The van der Waals surface area contributed by atoms with Gasteiger partial charge < -0.3 is 14.6 Å². The molecule has 0 aliphatic carbocycles. The van der Waals surface area contributed by atoms with Crippen LogP contribution in [-0.4, -0.2) is 47.9 Å². The lowest BCUT2D eigenvalue weighted by Gasteiger charge is -2.24. The molecule has 0 bridgehead atoms. The predicted octanol–water partition coefficient (Wildman–Crippen LogP) is 0.716. The summed E-state index contributed by atoms with van der Waals surface area (Å²) in [4.78, 5) is 6.85. The number of hydrogen-bond donors (Lipinski definition) is 1. The quantitative estimate of drug-likeness (QED) is 0.855. The van der Waals surface area contributed by atoms with E-state index in [1.807, 2.05) is 0 Å². The lowest BCUT2D eigenvalue weighted by molar-refractivity contribution is 0.0734. The molecule has 18 heavy (non-hydrogen) atoms. The summed E-state index contributed by atoms with van der Waals surface area (Å²) >= 11 is 0. The number of aromatic nitrogens is 2. The maximum Gasteiger partial charge on any atom is 0.240 e. The van der Waals surface area contributed by atoms with Crippen LogP contribution in [0.15, 0.2) is 4.52 Å². The van der Waals surface area contributed by atoms with Gasteiger partial charge in [0.25, 0.3) is 0 Å². The Labute approximate surface area is 107 Å². The van der Waals surface area contributed by atoms with E-state index in [9.17, 15) is 0 Å². The van der Waals surface area contributed by atoms with Crippen LogP contribution in [0.4, 0.5) is 0 Å². The Balaban J connectivity index is 1.58. The molecule has 6 heteroatoms. The minimum absolute atomic E-state index is 0.0811. The van der Waals surface area contributed by atoms with E-state index in [1.165, 1.54) is 19.3 Å². The van der Waals surface area contributed by atoms with E-state index >= 15 is 0 Å². The van der Waals surface area contributed by atoms with Crippen molar-refractivity contribution in [3.8, 4) is 0 Å². The Bertz CT molecular complexity index is 370. The Kier molecular flexibility index (Phi) is 3.87. The zero-order valence-electron chi connectivity index (χ0n) is 10.6. The van der Waals surface area contributed by atoms with Gasteiger partial charge in [0.15, 0.2) is 5.82 Å². The second-order valence-corrected chi connectivity index (χ2v) is 4.96. The first-order valence-electron chi connectivity index (χ1n) is 6.78. The van der Waals surface area contributed by atoms with Crippen LogP contribution in [0, 0.1) is 0 Å². The third-order valence-electron chi connectivity index (χ3n) is 3.52. The summed E-state index contributed by atoms with van der Waals surface area (Å²) < 4.78 is 10.7. The fraction of sp³-hybridized carbons (Fsp3) is 0.833. The largest absolute Gasteiger partial charge is 0.378 e. The SMILES string of the molecule is C1CCN(Cc2nc(C3COCCN3)no2)CC1. The van der Waals surface area contributed by atoms with Gasteiger partial charge in [-0.2, -0.15) is 4.98 Å². The summed E-state index contributed by atoms with van der Waals surface area (Å²) in [6.07, 6.45) is 3.90. The van der Waals surface area contributed by atoms with Crippen LogP contribution in [-0.2, 0) is 11.3 Å². The van der Waals surface area contributed by atoms with E-state index in [2.05, 4.69) is 20.4 Å². The molecular weight excluding hydrogens is 232 g/mol. The number of nitrogens with one attached hydrogen (secondary N) is 1. The molecular formula is C12H20N4O2. The van der Waals surface area contributed by atoms with Gasteiger partial charge in [-0.25, -0.2) is 0 Å². The highest BCUT2D eigenvalue weighted by molar-refractivity contribution is 4.95. The monoisotopic (exact) mass is 252 g/mol. The van der Waals surface area contributed by atoms with Gasteiger partial charge in [-0.1, -0.05) is 11.6 Å². The van der Waals surface area contributed by atoms with Crippen molar-refractivity contribution < 1.29 is 9.26 Å². The molecule has 6 nitrogen and oxygen atoms in total. The molecule has 1 atom stereocenters. The standard InChI is InChI=1S/C12H20N4O2/c1-2-5-16(6-3-1)8-11-14-12(15-18-11)10-9-17-7-4-13-10/h10,13H,1-9H2. The van der Waals surface area contributed by atoms with Crippen LogP contribution in [0.1, 0.15) is 37.0 Å². The maximum atomic E-state index is 5.40. The zero-order valence-corrected chi connectivity index (χ0v) is 10.6. The summed E-state index contributed by atoms with van der Waals surface area (Å²) in [6, 6.07) is 0.0811. The fourth-order valence-electron chi connectivity index (χ4n) is 2.51. The van der Waals surface area contributed by atoms with Crippen molar-refractivity contribution >= 4 is 0 Å². The number of hydrogen-bond acceptors (Lipinski definition) is 6. The van der Waals surface area contributed by atoms with Crippen LogP contribution in [0.25, 0.3) is 0 Å². The molecule has 0 amide bonds. The van der Waals surface area contributed by atoms with Gasteiger partial charge in [-0.3, -0.25) is 4.90 Å². The Morgan fingerprint density at radius 1 is 1.28 bits per heavy atom. The first-order chi connectivity index (χ1) is 8.92. The van der Waals surface area contributed by atoms with E-state index in [1.54, 1.807) is 0 Å². The zero-order chi connectivity index (χ0) is 12.2. The molecule has 0 spiro atoms. The van der Waals surface area contributed by atoms with Gasteiger partial charge in [0.05, 0.1) is 25.8 Å². The summed E-state index contributed by atoms with van der Waals surface area (Å²) in [6.45, 7) is 5.30. The molecule has 3 rings (SSSR count). The number of rotatable bonds is 3. The van der Waals surface area contributed by atoms with Crippen molar-refractivity contribution in [2.24, 2.45) is 0 Å². The third-order valence-corrected chi connectivity index (χ3v) is 3.52. The highest BCUT2D eigenvalue weighted by Crippen LogP contribution is 2.15. The molecule has 0 saturated carbocycles. The maximum absolute atomic E-state index is 5.40. The minimum atomic E-state index is 0.0811. The van der Waals surface area contributed by atoms with Crippen molar-refractivity contribution in [3.63, 3.8) is 0 Å². The number of likely N-dealkylation sites (tertiary alicyclic amines) is 1. The fourth-order valence-corrected chi connectivity index (χ4v) is 2.51. The van der Waals surface area contributed by atoms with Crippen molar-refractivity contribution in [1.29, 1.82) is 0 Å². The normalized spacial score (nSPS) is 26.3. The lowest BCUT2D eigenvalue weighted by atomic mass is 10.1. The van der Waals surface area contributed by atoms with Crippen molar-refractivity contribution in [1.82, 2.24) is 20.4 Å². The first kappa shape index (κ1) is 12.1. The molecule has 2 aliphatic rings. The van der Waals surface area contributed by atoms with Crippen molar-refractivity contribution in [2.45, 2.75) is 31.8 Å². The van der Waals surface area contributed by atoms with Gasteiger partial charge in [-0.15, -0.1) is 0 Å². The highest BCUT2D eigenvalue weighted by atomic mass is 16.5. The van der Waals surface area contributed by atoms with Crippen LogP contribution < -0.4 is 5.32 Å². The van der Waals surface area contributed by atoms with Crippen LogP contribution in [0.5, 0.6) is 0 Å². The Hall–Kier alpha value is -0.980. The van der Waals surface area contributed by atoms with Gasteiger partial charge >= 0.3 is 0 Å². The van der Waals surface area contributed by atoms with Gasteiger partial charge in [-0.05, 0) is 25.9 Å². The van der Waals surface area contributed by atoms with Crippen LogP contribution in [0.3, 0.4) is 0 Å². The van der Waals surface area contributed by atoms with Crippen LogP contribution in [0.2, 0.25) is 0 Å². The average molecular weight is 252 g/mol. The number of piperidine rings is 1. The van der Waals surface area contributed by atoms with Gasteiger partial charge in [0.1, 0.15) is 0 Å². The first-order valence-corrected chi connectivity index (χ1v) is 6.78. The van der Waals surface area contributed by atoms with E-state index in [-0.39, 0.29) is 6.04 Å². The second-order valence-electron chi connectivity index (χ2n) is 4.96. The molecule has 1 aromatic rings. The van der Waals surface area contributed by atoms with E-state index in [0.29, 0.717) is 6.61 Å². The van der Waals surface area contributed by atoms with Crippen molar-refractivity contribution in [2.75, 3.05) is 32.8 Å². The number of nitrogens with zero attached hydrogens (tertiary/aromatic N) is 3. The molecule has 0 radical (unpaired) electrons. The lowest BCUT2D eigenvalue weighted by Crippen LogP contribution is -2.35. The molecule has 100 valence electrons. The molecule has 1 N–H and O–H groups in total. The summed E-state index contributed by atoms with van der Waals surface area (Å²) in [5, 5.41) is 7.38. The predicted molar refractivity (Wildman–Crippen MR) is 65.0 cm³/mol. The molecule has 0 aromatic carbocycles. The third kappa shape index (κ3) is 2.88. The smallest absolute Gasteiger partial charge is 0.240 e. The minimum Gasteiger partial charge on any atom is -0.378 e. The molecule has 2 fully saturated rings. The summed E-state index contributed by atoms with van der Waals surface area (Å²) in [5.74, 6) is 1.45. The van der Waals surface area contributed by atoms with E-state index in [0.717, 1.165) is 44.5 Å². The summed E-state index contributed by atoms with van der Waals surface area (Å²) in [7, 11) is 0. The molecule has 3 heterocycles. The Morgan fingerprint density at radius 2 is 2.17 bits per heavy atom. The topological polar surface area (TPSA) is 63.4 Å². The summed E-state index contributed by atoms with van der Waals surface area (Å²) in [5.41, 5.74) is 0. The number of ether oxygens (including phenoxy) is 1. The average Bonchev–Trinajstić information content (AvgIpc) is 2.89. The highest BCUT2D eigenvalue weighted by Gasteiger charge is 2.22. The van der Waals surface area contributed by atoms with Crippen LogP contribution >= 0.6 is 0 Å². The molecule has 2 aliphatic heterocycles. The van der Waals surface area contributed by atoms with Crippen molar-refractivity contribution in [3.05, 3.63) is 11.7 Å². The van der Waals surface area contributed by atoms with Gasteiger partial charge in [0, 0.05) is 6.54 Å². The Morgan fingerprint density at radius 3 is 2.94 bits per heavy atom. The molecule has 2 saturated heterocycles. The second kappa shape index (κ2) is 5.77. The number of morpholine rings is 1. The molecule has 1 aromatic heterocycles.